The molecule has 0 radical (unpaired) electrons. The van der Waals surface area contributed by atoms with Crippen molar-refractivity contribution in [2.45, 2.75) is 12.8 Å². The molecule has 0 atom stereocenters. The predicted octanol–water partition coefficient (Wildman–Crippen LogP) is 0.673. The van der Waals surface area contributed by atoms with Crippen molar-refractivity contribution in [3.8, 4) is 0 Å². The first-order valence-corrected chi connectivity index (χ1v) is 3.81. The van der Waals surface area contributed by atoms with E-state index in [1.54, 1.807) is 6.20 Å². The maximum absolute atomic E-state index is 10.5. The molecule has 1 aliphatic rings. The lowest BCUT2D eigenvalue weighted by molar-refractivity contribution is -0.134. The van der Waals surface area contributed by atoms with E-state index in [0.717, 1.165) is 12.5 Å². The highest BCUT2D eigenvalue weighted by atomic mass is 16.5. The Balaban J connectivity index is 1.99. The van der Waals surface area contributed by atoms with E-state index < -0.39 is 0 Å². The van der Waals surface area contributed by atoms with Gasteiger partial charge in [0.25, 0.3) is 0 Å². The van der Waals surface area contributed by atoms with Crippen molar-refractivity contribution in [3.63, 3.8) is 0 Å². The molecule has 0 spiro atoms. The van der Waals surface area contributed by atoms with Crippen LogP contribution in [0.2, 0.25) is 0 Å². The molecule has 0 aromatic rings. The Morgan fingerprint density at radius 2 is 2.45 bits per heavy atom. The van der Waals surface area contributed by atoms with Crippen molar-refractivity contribution in [2.75, 3.05) is 13.7 Å². The zero-order valence-electron chi connectivity index (χ0n) is 6.67. The average molecular weight is 155 g/mol. The van der Waals surface area contributed by atoms with Gasteiger partial charge >= 0.3 is 5.97 Å². The maximum atomic E-state index is 10.5. The topological polar surface area (TPSA) is 38.3 Å². The fourth-order valence-corrected chi connectivity index (χ4v) is 0.752. The Morgan fingerprint density at radius 1 is 1.73 bits per heavy atom. The number of esters is 1. The Labute approximate surface area is 66.4 Å². The number of hydrogen-bond donors (Lipinski definition) is 1. The van der Waals surface area contributed by atoms with E-state index in [1.165, 1.54) is 26.0 Å². The molecule has 1 rings (SSSR count). The summed E-state index contributed by atoms with van der Waals surface area (Å²) in [5, 5.41) is 3.03. The molecule has 1 N–H and O–H groups in total. The number of hydrogen-bond acceptors (Lipinski definition) is 3. The third-order valence-corrected chi connectivity index (χ3v) is 1.64. The first-order chi connectivity index (χ1) is 5.33. The second-order valence-corrected chi connectivity index (χ2v) is 2.71. The molecule has 11 heavy (non-hydrogen) atoms. The van der Waals surface area contributed by atoms with Crippen LogP contribution in [0.5, 0.6) is 0 Å². The molecule has 1 saturated carbocycles. The number of carbonyl (C=O) groups is 1. The fraction of sp³-hybridized carbons (Fsp3) is 0.625. The quantitative estimate of drug-likeness (QED) is 0.479. The SMILES string of the molecule is COC(=O)/C=C/NCC1CC1. The predicted molar refractivity (Wildman–Crippen MR) is 41.9 cm³/mol. The van der Waals surface area contributed by atoms with Gasteiger partial charge in [0, 0.05) is 18.8 Å². The Bertz CT molecular complexity index is 161. The molecular formula is C8H13NO2. The zero-order chi connectivity index (χ0) is 8.10. The minimum absolute atomic E-state index is 0.312. The first-order valence-electron chi connectivity index (χ1n) is 3.81. The summed E-state index contributed by atoms with van der Waals surface area (Å²) in [5.74, 6) is 0.519. The highest BCUT2D eigenvalue weighted by Crippen LogP contribution is 2.27. The smallest absolute Gasteiger partial charge is 0.331 e. The summed E-state index contributed by atoms with van der Waals surface area (Å²) in [4.78, 5) is 10.5. The summed E-state index contributed by atoms with van der Waals surface area (Å²) < 4.78 is 4.41. The van der Waals surface area contributed by atoms with Gasteiger partial charge in [-0.25, -0.2) is 4.79 Å². The lowest BCUT2D eigenvalue weighted by atomic mass is 10.4. The van der Waals surface area contributed by atoms with Gasteiger partial charge in [0.2, 0.25) is 0 Å². The van der Waals surface area contributed by atoms with Crippen molar-refractivity contribution in [3.05, 3.63) is 12.3 Å². The van der Waals surface area contributed by atoms with Crippen LogP contribution in [-0.2, 0) is 9.53 Å². The van der Waals surface area contributed by atoms with Gasteiger partial charge in [-0.2, -0.15) is 0 Å². The van der Waals surface area contributed by atoms with Gasteiger partial charge in [-0.05, 0) is 18.8 Å². The van der Waals surface area contributed by atoms with Gasteiger partial charge in [0.05, 0.1) is 7.11 Å². The van der Waals surface area contributed by atoms with Crippen LogP contribution in [-0.4, -0.2) is 19.6 Å². The number of nitrogens with one attached hydrogen (secondary N) is 1. The van der Waals surface area contributed by atoms with Crippen molar-refractivity contribution >= 4 is 5.97 Å². The van der Waals surface area contributed by atoms with Gasteiger partial charge in [0.1, 0.15) is 0 Å². The van der Waals surface area contributed by atoms with Crippen molar-refractivity contribution < 1.29 is 9.53 Å². The molecule has 3 heteroatoms. The third kappa shape index (κ3) is 3.65. The van der Waals surface area contributed by atoms with E-state index in [0.29, 0.717) is 0 Å². The molecule has 62 valence electrons. The molecule has 1 fully saturated rings. The van der Waals surface area contributed by atoms with E-state index in [1.807, 2.05) is 0 Å². The zero-order valence-corrected chi connectivity index (χ0v) is 6.67. The number of ether oxygens (including phenoxy) is 1. The number of rotatable bonds is 4. The van der Waals surface area contributed by atoms with Crippen molar-refractivity contribution in [2.24, 2.45) is 5.92 Å². The standard InChI is InChI=1S/C8H13NO2/c1-11-8(10)4-5-9-6-7-2-3-7/h4-5,7,9H,2-3,6H2,1H3/b5-4+. The molecular weight excluding hydrogens is 142 g/mol. The van der Waals surface area contributed by atoms with E-state index in [2.05, 4.69) is 10.1 Å². The highest BCUT2D eigenvalue weighted by molar-refractivity contribution is 5.81. The normalized spacial score (nSPS) is 16.8. The van der Waals surface area contributed by atoms with E-state index in [9.17, 15) is 4.79 Å². The van der Waals surface area contributed by atoms with Crippen LogP contribution >= 0.6 is 0 Å². The average Bonchev–Trinajstić information content (AvgIpc) is 2.81. The van der Waals surface area contributed by atoms with Gasteiger partial charge in [-0.1, -0.05) is 0 Å². The molecule has 0 bridgehead atoms. The van der Waals surface area contributed by atoms with Crippen LogP contribution in [0.15, 0.2) is 12.3 Å². The molecule has 0 aromatic heterocycles. The van der Waals surface area contributed by atoms with Crippen LogP contribution in [0.4, 0.5) is 0 Å². The van der Waals surface area contributed by atoms with E-state index in [4.69, 9.17) is 0 Å². The number of methoxy groups -OCH3 is 1. The van der Waals surface area contributed by atoms with Crippen LogP contribution in [0.1, 0.15) is 12.8 Å². The van der Waals surface area contributed by atoms with Gasteiger partial charge in [0.15, 0.2) is 0 Å². The number of carbonyl (C=O) groups excluding carboxylic acids is 1. The molecule has 1 aliphatic carbocycles. The lowest BCUT2D eigenvalue weighted by Gasteiger charge is -1.95. The van der Waals surface area contributed by atoms with Crippen LogP contribution in [0.3, 0.4) is 0 Å². The molecule has 0 aliphatic heterocycles. The summed E-state index contributed by atoms with van der Waals surface area (Å²) in [6.07, 6.45) is 5.67. The molecule has 0 unspecified atom stereocenters. The third-order valence-electron chi connectivity index (χ3n) is 1.64. The molecule has 0 amide bonds. The molecule has 0 aromatic carbocycles. The van der Waals surface area contributed by atoms with Crippen LogP contribution < -0.4 is 5.32 Å². The molecule has 0 heterocycles. The van der Waals surface area contributed by atoms with E-state index in [-0.39, 0.29) is 5.97 Å². The highest BCUT2D eigenvalue weighted by Gasteiger charge is 2.19. The summed E-state index contributed by atoms with van der Waals surface area (Å²) in [7, 11) is 1.37. The van der Waals surface area contributed by atoms with E-state index >= 15 is 0 Å². The Morgan fingerprint density at radius 3 is 3.00 bits per heavy atom. The summed E-state index contributed by atoms with van der Waals surface area (Å²) >= 11 is 0. The van der Waals surface area contributed by atoms with Gasteiger partial charge in [-0.3, -0.25) is 0 Å². The Kier molecular flexibility index (Phi) is 2.95. The fourth-order valence-electron chi connectivity index (χ4n) is 0.752. The largest absolute Gasteiger partial charge is 0.466 e. The second kappa shape index (κ2) is 4.01. The minimum atomic E-state index is -0.312. The lowest BCUT2D eigenvalue weighted by Crippen LogP contribution is -2.09. The first kappa shape index (κ1) is 8.11. The maximum Gasteiger partial charge on any atom is 0.331 e. The van der Waals surface area contributed by atoms with Crippen molar-refractivity contribution in [1.82, 2.24) is 5.32 Å². The molecule has 0 saturated heterocycles. The Hall–Kier alpha value is -0.990. The minimum Gasteiger partial charge on any atom is -0.466 e. The van der Waals surface area contributed by atoms with Crippen LogP contribution in [0, 0.1) is 5.92 Å². The summed E-state index contributed by atoms with van der Waals surface area (Å²) in [6, 6.07) is 0. The van der Waals surface area contributed by atoms with Gasteiger partial charge < -0.3 is 10.1 Å². The van der Waals surface area contributed by atoms with Gasteiger partial charge in [-0.15, -0.1) is 0 Å². The molecule has 3 nitrogen and oxygen atoms in total. The monoisotopic (exact) mass is 155 g/mol. The van der Waals surface area contributed by atoms with Crippen molar-refractivity contribution in [1.29, 1.82) is 0 Å². The second-order valence-electron chi connectivity index (χ2n) is 2.71. The summed E-state index contributed by atoms with van der Waals surface area (Å²) in [6.45, 7) is 0.980. The van der Waals surface area contributed by atoms with Crippen LogP contribution in [0.25, 0.3) is 0 Å². The summed E-state index contributed by atoms with van der Waals surface area (Å²) in [5.41, 5.74) is 0.